The second-order valence-corrected chi connectivity index (χ2v) is 4.78. The van der Waals surface area contributed by atoms with Crippen molar-refractivity contribution in [2.24, 2.45) is 0 Å². The molecule has 1 N–H and O–H groups in total. The van der Waals surface area contributed by atoms with Crippen molar-refractivity contribution < 1.29 is 14.3 Å². The first-order valence-electron chi connectivity index (χ1n) is 5.97. The number of piperazine rings is 1. The number of likely N-dealkylation sites (N-methyl/N-ethyl adjacent to an activating group) is 1. The molecule has 0 amide bonds. The van der Waals surface area contributed by atoms with Crippen molar-refractivity contribution in [3.63, 3.8) is 0 Å². The lowest BCUT2D eigenvalue weighted by Gasteiger charge is -2.39. The molecule has 4 nitrogen and oxygen atoms in total. The Labute approximate surface area is 106 Å². The van der Waals surface area contributed by atoms with Gasteiger partial charge in [0.2, 0.25) is 0 Å². The summed E-state index contributed by atoms with van der Waals surface area (Å²) in [7, 11) is 2.04. The summed E-state index contributed by atoms with van der Waals surface area (Å²) in [5, 5.41) is 8.81. The maximum Gasteiger partial charge on any atom is 0.335 e. The van der Waals surface area contributed by atoms with Crippen LogP contribution >= 0.6 is 0 Å². The van der Waals surface area contributed by atoms with E-state index in [1.165, 1.54) is 6.07 Å². The first-order valence-corrected chi connectivity index (χ1v) is 5.97. The van der Waals surface area contributed by atoms with Crippen LogP contribution in [0.3, 0.4) is 0 Å². The number of nitrogens with zero attached hydrogens (tertiary/aromatic N) is 2. The van der Waals surface area contributed by atoms with Crippen LogP contribution in [0.5, 0.6) is 0 Å². The van der Waals surface area contributed by atoms with Crippen molar-refractivity contribution in [3.05, 3.63) is 29.6 Å². The van der Waals surface area contributed by atoms with Crippen LogP contribution in [0.25, 0.3) is 0 Å². The largest absolute Gasteiger partial charge is 0.478 e. The van der Waals surface area contributed by atoms with Crippen molar-refractivity contribution in [1.82, 2.24) is 4.90 Å². The predicted molar refractivity (Wildman–Crippen MR) is 67.7 cm³/mol. The number of aromatic carboxylic acids is 1. The Balaban J connectivity index is 2.26. The van der Waals surface area contributed by atoms with E-state index in [-0.39, 0.29) is 11.6 Å². The van der Waals surface area contributed by atoms with E-state index in [2.05, 4.69) is 4.90 Å². The van der Waals surface area contributed by atoms with Crippen LogP contribution in [0, 0.1) is 5.82 Å². The van der Waals surface area contributed by atoms with Crippen LogP contribution in [0.2, 0.25) is 0 Å². The molecule has 0 aromatic heterocycles. The smallest absolute Gasteiger partial charge is 0.335 e. The monoisotopic (exact) mass is 252 g/mol. The molecule has 1 aliphatic heterocycles. The molecular weight excluding hydrogens is 235 g/mol. The summed E-state index contributed by atoms with van der Waals surface area (Å²) in [6.45, 7) is 4.55. The molecule has 1 heterocycles. The highest BCUT2D eigenvalue weighted by atomic mass is 19.1. The molecule has 0 radical (unpaired) electrons. The van der Waals surface area contributed by atoms with Gasteiger partial charge < -0.3 is 14.9 Å². The molecular formula is C13H17FN2O2. The molecule has 0 spiro atoms. The van der Waals surface area contributed by atoms with Gasteiger partial charge in [-0.25, -0.2) is 9.18 Å². The fourth-order valence-corrected chi connectivity index (χ4v) is 2.37. The van der Waals surface area contributed by atoms with Crippen molar-refractivity contribution in [2.75, 3.05) is 31.6 Å². The average Bonchev–Trinajstić information content (AvgIpc) is 2.30. The number of anilines is 1. The van der Waals surface area contributed by atoms with Gasteiger partial charge in [0.05, 0.1) is 11.3 Å². The van der Waals surface area contributed by atoms with Crippen LogP contribution in [-0.2, 0) is 0 Å². The van der Waals surface area contributed by atoms with E-state index >= 15 is 0 Å². The maximum atomic E-state index is 13.9. The van der Waals surface area contributed by atoms with Crippen LogP contribution in [-0.4, -0.2) is 48.7 Å². The third-order valence-corrected chi connectivity index (χ3v) is 3.33. The SMILES string of the molecule is CC1CN(C)CCN1c1ccc(C(=O)O)cc1F. The number of carboxylic acid groups (broad SMARTS) is 1. The van der Waals surface area contributed by atoms with E-state index in [0.29, 0.717) is 5.69 Å². The van der Waals surface area contributed by atoms with Gasteiger partial charge in [-0.05, 0) is 32.2 Å². The molecule has 0 aliphatic carbocycles. The van der Waals surface area contributed by atoms with Crippen molar-refractivity contribution in [3.8, 4) is 0 Å². The van der Waals surface area contributed by atoms with Crippen LogP contribution in [0.4, 0.5) is 10.1 Å². The first kappa shape index (κ1) is 12.8. The third kappa shape index (κ3) is 2.46. The summed E-state index contributed by atoms with van der Waals surface area (Å²) in [6, 6.07) is 4.31. The van der Waals surface area contributed by atoms with Crippen molar-refractivity contribution in [1.29, 1.82) is 0 Å². The topological polar surface area (TPSA) is 43.8 Å². The van der Waals surface area contributed by atoms with Gasteiger partial charge in [0, 0.05) is 25.7 Å². The minimum absolute atomic E-state index is 0.0157. The molecule has 1 atom stereocenters. The van der Waals surface area contributed by atoms with E-state index in [0.717, 1.165) is 25.7 Å². The predicted octanol–water partition coefficient (Wildman–Crippen LogP) is 1.66. The molecule has 1 aliphatic rings. The molecule has 18 heavy (non-hydrogen) atoms. The Morgan fingerprint density at radius 1 is 1.44 bits per heavy atom. The Morgan fingerprint density at radius 2 is 2.17 bits per heavy atom. The fourth-order valence-electron chi connectivity index (χ4n) is 2.37. The zero-order valence-electron chi connectivity index (χ0n) is 10.6. The van der Waals surface area contributed by atoms with Gasteiger partial charge in [0.15, 0.2) is 0 Å². The lowest BCUT2D eigenvalue weighted by molar-refractivity contribution is 0.0696. The van der Waals surface area contributed by atoms with Gasteiger partial charge in [-0.15, -0.1) is 0 Å². The van der Waals surface area contributed by atoms with Gasteiger partial charge in [0.1, 0.15) is 5.82 Å². The Hall–Kier alpha value is -1.62. The highest BCUT2D eigenvalue weighted by Gasteiger charge is 2.24. The second kappa shape index (κ2) is 4.94. The molecule has 1 fully saturated rings. The second-order valence-electron chi connectivity index (χ2n) is 4.78. The van der Waals surface area contributed by atoms with Gasteiger partial charge in [0.25, 0.3) is 0 Å². The molecule has 0 bridgehead atoms. The number of hydrogen-bond donors (Lipinski definition) is 1. The third-order valence-electron chi connectivity index (χ3n) is 3.33. The van der Waals surface area contributed by atoms with Crippen LogP contribution in [0.1, 0.15) is 17.3 Å². The average molecular weight is 252 g/mol. The molecule has 1 saturated heterocycles. The summed E-state index contributed by atoms with van der Waals surface area (Å²) < 4.78 is 13.9. The van der Waals surface area contributed by atoms with Crippen molar-refractivity contribution in [2.45, 2.75) is 13.0 Å². The van der Waals surface area contributed by atoms with E-state index < -0.39 is 11.8 Å². The molecule has 2 rings (SSSR count). The maximum absolute atomic E-state index is 13.9. The van der Waals surface area contributed by atoms with Crippen LogP contribution < -0.4 is 4.90 Å². The Morgan fingerprint density at radius 3 is 2.72 bits per heavy atom. The normalized spacial score (nSPS) is 21.1. The number of hydrogen-bond acceptors (Lipinski definition) is 3. The Kier molecular flexibility index (Phi) is 3.52. The van der Waals surface area contributed by atoms with Crippen LogP contribution in [0.15, 0.2) is 18.2 Å². The summed E-state index contributed by atoms with van der Waals surface area (Å²) in [4.78, 5) is 14.9. The van der Waals surface area contributed by atoms with Gasteiger partial charge >= 0.3 is 5.97 Å². The van der Waals surface area contributed by atoms with E-state index in [4.69, 9.17) is 5.11 Å². The lowest BCUT2D eigenvalue weighted by Crippen LogP contribution is -2.50. The summed E-state index contributed by atoms with van der Waals surface area (Å²) in [6.07, 6.45) is 0. The zero-order chi connectivity index (χ0) is 13.3. The van der Waals surface area contributed by atoms with Gasteiger partial charge in [-0.3, -0.25) is 0 Å². The Bertz CT molecular complexity index is 464. The molecule has 98 valence electrons. The van der Waals surface area contributed by atoms with Crippen molar-refractivity contribution >= 4 is 11.7 Å². The van der Waals surface area contributed by atoms with E-state index in [1.807, 2.05) is 18.9 Å². The standard InChI is InChI=1S/C13H17FN2O2/c1-9-8-15(2)5-6-16(9)12-4-3-10(13(17)18)7-11(12)14/h3-4,7,9H,5-6,8H2,1-2H3,(H,17,18). The number of carbonyl (C=O) groups is 1. The molecule has 0 saturated carbocycles. The summed E-state index contributed by atoms with van der Waals surface area (Å²) >= 11 is 0. The molecule has 1 aromatic rings. The van der Waals surface area contributed by atoms with E-state index in [9.17, 15) is 9.18 Å². The zero-order valence-corrected chi connectivity index (χ0v) is 10.6. The highest BCUT2D eigenvalue weighted by molar-refractivity contribution is 5.88. The first-order chi connectivity index (χ1) is 8.49. The quantitative estimate of drug-likeness (QED) is 0.869. The minimum Gasteiger partial charge on any atom is -0.478 e. The number of rotatable bonds is 2. The van der Waals surface area contributed by atoms with Gasteiger partial charge in [-0.2, -0.15) is 0 Å². The fraction of sp³-hybridized carbons (Fsp3) is 0.462. The van der Waals surface area contributed by atoms with Gasteiger partial charge in [-0.1, -0.05) is 0 Å². The number of benzene rings is 1. The lowest BCUT2D eigenvalue weighted by atomic mass is 10.1. The summed E-state index contributed by atoms with van der Waals surface area (Å²) in [5.41, 5.74) is 0.471. The molecule has 1 unspecified atom stereocenters. The summed E-state index contributed by atoms with van der Waals surface area (Å²) in [5.74, 6) is -1.57. The molecule has 1 aromatic carbocycles. The minimum atomic E-state index is -1.10. The number of carboxylic acids is 1. The molecule has 5 heteroatoms. The number of halogens is 1. The van der Waals surface area contributed by atoms with E-state index in [1.54, 1.807) is 6.07 Å². The highest BCUT2D eigenvalue weighted by Crippen LogP contribution is 2.24.